The van der Waals surface area contributed by atoms with E-state index < -0.39 is 6.10 Å². The van der Waals surface area contributed by atoms with Gasteiger partial charge < -0.3 is 4.74 Å². The summed E-state index contributed by atoms with van der Waals surface area (Å²) in [7, 11) is 0. The van der Waals surface area contributed by atoms with Crippen LogP contribution < -0.4 is 0 Å². The van der Waals surface area contributed by atoms with Crippen molar-refractivity contribution >= 4 is 22.6 Å². The molecular weight excluding hydrogens is 224 g/mol. The third kappa shape index (κ3) is 1.75. The van der Waals surface area contributed by atoms with Crippen molar-refractivity contribution in [3.63, 3.8) is 0 Å². The van der Waals surface area contributed by atoms with E-state index in [-0.39, 0.29) is 5.78 Å². The molecule has 2 aromatic rings. The first-order chi connectivity index (χ1) is 8.79. The lowest BCUT2D eigenvalue weighted by Crippen LogP contribution is -2.25. The van der Waals surface area contributed by atoms with Crippen LogP contribution >= 0.6 is 0 Å². The molecule has 2 nitrogen and oxygen atoms in total. The summed E-state index contributed by atoms with van der Waals surface area (Å²) in [5.74, 6) is 0.0557. The number of carbonyl (C=O) groups is 1. The molecule has 0 N–H and O–H groups in total. The highest BCUT2D eigenvalue weighted by Crippen LogP contribution is 2.26. The smallest absolute Gasteiger partial charge is 0.196 e. The van der Waals surface area contributed by atoms with Gasteiger partial charge in [0.15, 0.2) is 5.78 Å². The van der Waals surface area contributed by atoms with Gasteiger partial charge in [0.1, 0.15) is 6.10 Å². The third-order valence-corrected chi connectivity index (χ3v) is 3.24. The van der Waals surface area contributed by atoms with Gasteiger partial charge in [0.25, 0.3) is 0 Å². The average Bonchev–Trinajstić information content (AvgIpc) is 2.41. The molecular formula is C16H14O2. The van der Waals surface area contributed by atoms with Crippen LogP contribution in [0.2, 0.25) is 0 Å². The Balaban J connectivity index is 2.14. The van der Waals surface area contributed by atoms with E-state index in [1.807, 2.05) is 43.3 Å². The molecule has 3 rings (SSSR count). The van der Waals surface area contributed by atoms with Crippen LogP contribution in [0.1, 0.15) is 22.8 Å². The Morgan fingerprint density at radius 3 is 2.61 bits per heavy atom. The minimum absolute atomic E-state index is 0.0557. The molecule has 0 saturated heterocycles. The first kappa shape index (κ1) is 11.2. The second kappa shape index (κ2) is 4.39. The van der Waals surface area contributed by atoms with Crippen LogP contribution in [-0.2, 0) is 4.74 Å². The van der Waals surface area contributed by atoms with E-state index in [2.05, 4.69) is 12.1 Å². The summed E-state index contributed by atoms with van der Waals surface area (Å²) in [6, 6.07) is 12.1. The fraction of sp³-hybridized carbons (Fsp3) is 0.188. The second-order valence-electron chi connectivity index (χ2n) is 4.39. The van der Waals surface area contributed by atoms with E-state index in [1.54, 1.807) is 0 Å². The highest BCUT2D eigenvalue weighted by molar-refractivity contribution is 6.09. The zero-order chi connectivity index (χ0) is 12.5. The number of Topliss-reactive ketones (excluding diaryl/α,β-unsaturated/α-hetero) is 1. The number of benzene rings is 2. The Hall–Kier alpha value is -1.93. The van der Waals surface area contributed by atoms with E-state index in [4.69, 9.17) is 4.74 Å². The van der Waals surface area contributed by atoms with Crippen molar-refractivity contribution in [1.82, 2.24) is 0 Å². The van der Waals surface area contributed by atoms with Crippen molar-refractivity contribution in [2.75, 3.05) is 6.61 Å². The molecule has 0 spiro atoms. The second-order valence-corrected chi connectivity index (χ2v) is 4.39. The number of rotatable bonds is 2. The van der Waals surface area contributed by atoms with Crippen LogP contribution in [-0.4, -0.2) is 18.5 Å². The summed E-state index contributed by atoms with van der Waals surface area (Å²) in [6.07, 6.45) is 3.38. The molecule has 1 atom stereocenters. The minimum atomic E-state index is -0.427. The summed E-state index contributed by atoms with van der Waals surface area (Å²) in [5, 5.41) is 2.25. The summed E-state index contributed by atoms with van der Waals surface area (Å²) >= 11 is 0. The van der Waals surface area contributed by atoms with Gasteiger partial charge in [-0.1, -0.05) is 30.3 Å². The first-order valence-electron chi connectivity index (χ1n) is 6.16. The van der Waals surface area contributed by atoms with Crippen molar-refractivity contribution < 1.29 is 9.53 Å². The minimum Gasteiger partial charge on any atom is -0.366 e. The number of hydrogen-bond donors (Lipinski definition) is 0. The van der Waals surface area contributed by atoms with Crippen LogP contribution in [0.3, 0.4) is 0 Å². The maximum atomic E-state index is 12.3. The summed E-state index contributed by atoms with van der Waals surface area (Å²) in [6.45, 7) is 2.45. The largest absolute Gasteiger partial charge is 0.366 e. The van der Waals surface area contributed by atoms with Crippen LogP contribution in [0.25, 0.3) is 16.8 Å². The van der Waals surface area contributed by atoms with Crippen LogP contribution in [0.4, 0.5) is 0 Å². The normalized spacial score (nSPS) is 18.1. The standard InChI is InChI=1S/C16H14O2/c1-2-18-15-8-7-13-9-11-5-3-4-6-12(11)10-14(13)16(15)17/h3-10,15H,2H2,1H3. The molecule has 2 heteroatoms. The lowest BCUT2D eigenvalue weighted by atomic mass is 9.91. The molecule has 0 amide bonds. The maximum absolute atomic E-state index is 12.3. The monoisotopic (exact) mass is 238 g/mol. The molecule has 0 saturated carbocycles. The quantitative estimate of drug-likeness (QED) is 0.801. The number of carbonyl (C=O) groups excluding carboxylic acids is 1. The molecule has 0 fully saturated rings. The van der Waals surface area contributed by atoms with Crippen molar-refractivity contribution in [2.24, 2.45) is 0 Å². The number of hydrogen-bond acceptors (Lipinski definition) is 2. The molecule has 0 aromatic heterocycles. The maximum Gasteiger partial charge on any atom is 0.196 e. The molecule has 18 heavy (non-hydrogen) atoms. The predicted molar refractivity (Wildman–Crippen MR) is 72.7 cm³/mol. The van der Waals surface area contributed by atoms with Gasteiger partial charge in [-0.2, -0.15) is 0 Å². The molecule has 1 unspecified atom stereocenters. The van der Waals surface area contributed by atoms with Crippen molar-refractivity contribution in [1.29, 1.82) is 0 Å². The number of ketones is 1. The van der Waals surface area contributed by atoms with Crippen LogP contribution in [0.15, 0.2) is 42.5 Å². The fourth-order valence-electron chi connectivity index (χ4n) is 2.35. The first-order valence-corrected chi connectivity index (χ1v) is 6.16. The molecule has 0 radical (unpaired) electrons. The zero-order valence-corrected chi connectivity index (χ0v) is 10.2. The SMILES string of the molecule is CCOC1C=Cc2cc3ccccc3cc2C1=O. The Morgan fingerprint density at radius 1 is 1.17 bits per heavy atom. The average molecular weight is 238 g/mol. The van der Waals surface area contributed by atoms with Crippen molar-refractivity contribution in [2.45, 2.75) is 13.0 Å². The van der Waals surface area contributed by atoms with Gasteiger partial charge in [0.05, 0.1) is 0 Å². The molecule has 0 bridgehead atoms. The predicted octanol–water partition coefficient (Wildman–Crippen LogP) is 3.45. The topological polar surface area (TPSA) is 26.3 Å². The van der Waals surface area contributed by atoms with Gasteiger partial charge in [-0.05, 0) is 41.5 Å². The summed E-state index contributed by atoms with van der Waals surface area (Å²) < 4.78 is 5.43. The van der Waals surface area contributed by atoms with Gasteiger partial charge in [0.2, 0.25) is 0 Å². The van der Waals surface area contributed by atoms with Crippen molar-refractivity contribution in [3.05, 3.63) is 53.6 Å². The lowest BCUT2D eigenvalue weighted by Gasteiger charge is -2.18. The van der Waals surface area contributed by atoms with Gasteiger partial charge in [-0.3, -0.25) is 4.79 Å². The van der Waals surface area contributed by atoms with Crippen LogP contribution in [0.5, 0.6) is 0 Å². The van der Waals surface area contributed by atoms with E-state index in [0.717, 1.165) is 21.9 Å². The van der Waals surface area contributed by atoms with E-state index in [9.17, 15) is 4.79 Å². The fourth-order valence-corrected chi connectivity index (χ4v) is 2.35. The van der Waals surface area contributed by atoms with Gasteiger partial charge in [-0.15, -0.1) is 0 Å². The molecule has 90 valence electrons. The molecule has 2 aromatic carbocycles. The Bertz CT molecular complexity index is 641. The van der Waals surface area contributed by atoms with Crippen LogP contribution in [0, 0.1) is 0 Å². The Kier molecular flexibility index (Phi) is 2.73. The molecule has 1 aliphatic carbocycles. The van der Waals surface area contributed by atoms with Gasteiger partial charge in [0, 0.05) is 12.2 Å². The summed E-state index contributed by atoms with van der Waals surface area (Å²) in [4.78, 5) is 12.3. The highest BCUT2D eigenvalue weighted by atomic mass is 16.5. The highest BCUT2D eigenvalue weighted by Gasteiger charge is 2.23. The van der Waals surface area contributed by atoms with Crippen molar-refractivity contribution in [3.8, 4) is 0 Å². The number of fused-ring (bicyclic) bond motifs is 2. The van der Waals surface area contributed by atoms with Gasteiger partial charge >= 0.3 is 0 Å². The molecule has 0 heterocycles. The van der Waals surface area contributed by atoms with E-state index >= 15 is 0 Å². The molecule has 0 aliphatic heterocycles. The van der Waals surface area contributed by atoms with E-state index in [1.165, 1.54) is 0 Å². The lowest BCUT2D eigenvalue weighted by molar-refractivity contribution is 0.0604. The third-order valence-electron chi connectivity index (χ3n) is 3.24. The van der Waals surface area contributed by atoms with E-state index in [0.29, 0.717) is 6.61 Å². The summed E-state index contributed by atoms with van der Waals surface area (Å²) in [5.41, 5.74) is 1.74. The Labute approximate surface area is 106 Å². The Morgan fingerprint density at radius 2 is 1.89 bits per heavy atom. The molecule has 1 aliphatic rings. The number of ether oxygens (including phenoxy) is 1. The zero-order valence-electron chi connectivity index (χ0n) is 10.2. The van der Waals surface area contributed by atoms with Gasteiger partial charge in [-0.25, -0.2) is 0 Å².